The summed E-state index contributed by atoms with van der Waals surface area (Å²) in [7, 11) is 0. The van der Waals surface area contributed by atoms with Gasteiger partial charge in [0, 0.05) is 24.3 Å². The summed E-state index contributed by atoms with van der Waals surface area (Å²) in [5.74, 6) is 5.61. The number of nitrogens with one attached hydrogen (secondary N) is 1. The van der Waals surface area contributed by atoms with E-state index in [4.69, 9.17) is 9.84 Å². The summed E-state index contributed by atoms with van der Waals surface area (Å²) < 4.78 is 5.05. The maximum absolute atomic E-state index is 11.6. The van der Waals surface area contributed by atoms with E-state index in [1.165, 1.54) is 0 Å². The molecular formula is C15H19NO3. The van der Waals surface area contributed by atoms with Crippen molar-refractivity contribution in [2.24, 2.45) is 0 Å². The number of hydrogen-bond acceptors (Lipinski definition) is 3. The van der Waals surface area contributed by atoms with Crippen molar-refractivity contribution < 1.29 is 14.6 Å². The van der Waals surface area contributed by atoms with Crippen molar-refractivity contribution in [3.8, 4) is 11.8 Å². The maximum Gasteiger partial charge on any atom is 0.250 e. The lowest BCUT2D eigenvalue weighted by atomic mass is 10.1. The molecule has 0 heterocycles. The monoisotopic (exact) mass is 261 g/mol. The second-order valence-electron chi connectivity index (χ2n) is 3.99. The molecule has 1 aromatic rings. The van der Waals surface area contributed by atoms with Crippen LogP contribution in [0.5, 0.6) is 0 Å². The van der Waals surface area contributed by atoms with Crippen LogP contribution in [-0.2, 0) is 9.53 Å². The van der Waals surface area contributed by atoms with Gasteiger partial charge in [-0.05, 0) is 31.5 Å². The van der Waals surface area contributed by atoms with Crippen LogP contribution in [0.2, 0.25) is 0 Å². The summed E-state index contributed by atoms with van der Waals surface area (Å²) >= 11 is 0. The van der Waals surface area contributed by atoms with Crippen LogP contribution in [0.1, 0.15) is 24.5 Å². The average molecular weight is 261 g/mol. The molecule has 0 aliphatic heterocycles. The minimum Gasteiger partial charge on any atom is -0.395 e. The summed E-state index contributed by atoms with van der Waals surface area (Å²) in [5.41, 5.74) is 2.52. The number of carbonyl (C=O) groups excluding carboxylic acids is 1. The third-order valence-electron chi connectivity index (χ3n) is 2.42. The number of anilines is 1. The quantitative estimate of drug-likeness (QED) is 0.793. The third kappa shape index (κ3) is 5.56. The third-order valence-corrected chi connectivity index (χ3v) is 2.42. The molecule has 0 saturated heterocycles. The predicted molar refractivity (Wildman–Crippen MR) is 74.9 cm³/mol. The lowest BCUT2D eigenvalue weighted by molar-refractivity contribution is -0.120. The Morgan fingerprint density at radius 1 is 1.47 bits per heavy atom. The molecule has 0 aliphatic rings. The Morgan fingerprint density at radius 3 is 2.95 bits per heavy atom. The van der Waals surface area contributed by atoms with Crippen LogP contribution in [-0.4, -0.2) is 30.8 Å². The predicted octanol–water partition coefficient (Wildman–Crippen LogP) is 1.70. The molecule has 0 fully saturated rings. The number of benzene rings is 1. The van der Waals surface area contributed by atoms with E-state index in [0.717, 1.165) is 16.8 Å². The smallest absolute Gasteiger partial charge is 0.250 e. The topological polar surface area (TPSA) is 58.6 Å². The van der Waals surface area contributed by atoms with Gasteiger partial charge in [0.05, 0.1) is 6.61 Å². The van der Waals surface area contributed by atoms with Crippen LogP contribution in [0.3, 0.4) is 0 Å². The van der Waals surface area contributed by atoms with E-state index in [1.54, 1.807) is 0 Å². The zero-order valence-electron chi connectivity index (χ0n) is 11.3. The van der Waals surface area contributed by atoms with Gasteiger partial charge in [-0.15, -0.1) is 0 Å². The molecule has 1 aromatic carbocycles. The molecule has 19 heavy (non-hydrogen) atoms. The summed E-state index contributed by atoms with van der Waals surface area (Å²) in [6, 6.07) is 5.61. The lowest BCUT2D eigenvalue weighted by Crippen LogP contribution is -2.18. The van der Waals surface area contributed by atoms with Crippen LogP contribution in [0.15, 0.2) is 18.2 Å². The van der Waals surface area contributed by atoms with Gasteiger partial charge in [0.1, 0.15) is 6.61 Å². The number of hydrogen-bond donors (Lipinski definition) is 2. The Hall–Kier alpha value is -1.83. The van der Waals surface area contributed by atoms with E-state index in [2.05, 4.69) is 17.2 Å². The van der Waals surface area contributed by atoms with Gasteiger partial charge < -0.3 is 15.2 Å². The molecule has 1 rings (SSSR count). The molecular weight excluding hydrogens is 242 g/mol. The molecule has 0 saturated carbocycles. The zero-order valence-corrected chi connectivity index (χ0v) is 11.3. The first-order valence-corrected chi connectivity index (χ1v) is 6.25. The molecule has 1 amide bonds. The van der Waals surface area contributed by atoms with Crippen LogP contribution in [0, 0.1) is 18.8 Å². The van der Waals surface area contributed by atoms with Crippen LogP contribution in [0.4, 0.5) is 5.69 Å². The first-order chi connectivity index (χ1) is 9.17. The van der Waals surface area contributed by atoms with Crippen LogP contribution < -0.4 is 5.32 Å². The highest BCUT2D eigenvalue weighted by Crippen LogP contribution is 2.16. The van der Waals surface area contributed by atoms with Gasteiger partial charge in [0.25, 0.3) is 0 Å². The minimum atomic E-state index is -0.176. The lowest BCUT2D eigenvalue weighted by Gasteiger charge is -2.08. The van der Waals surface area contributed by atoms with E-state index < -0.39 is 0 Å². The molecule has 2 N–H and O–H groups in total. The number of rotatable bonds is 5. The highest BCUT2D eigenvalue weighted by molar-refractivity contribution is 5.92. The van der Waals surface area contributed by atoms with E-state index in [0.29, 0.717) is 13.0 Å². The molecule has 0 aromatic heterocycles. The number of aryl methyl sites for hydroxylation is 1. The number of aliphatic hydroxyl groups excluding tert-OH is 1. The van der Waals surface area contributed by atoms with Gasteiger partial charge in [0.15, 0.2) is 0 Å². The summed E-state index contributed by atoms with van der Waals surface area (Å²) in [6.07, 6.45) is 0.444. The van der Waals surface area contributed by atoms with Gasteiger partial charge in [-0.3, -0.25) is 4.79 Å². The Morgan fingerprint density at radius 2 is 2.26 bits per heavy atom. The number of amides is 1. The van der Waals surface area contributed by atoms with Crippen LogP contribution in [0.25, 0.3) is 0 Å². The number of carbonyl (C=O) groups is 1. The molecule has 4 nitrogen and oxygen atoms in total. The number of ether oxygens (including phenoxy) is 1. The Bertz CT molecular complexity index is 486. The van der Waals surface area contributed by atoms with E-state index in [1.807, 2.05) is 32.0 Å². The highest BCUT2D eigenvalue weighted by atomic mass is 16.5. The fourth-order valence-corrected chi connectivity index (χ4v) is 1.44. The van der Waals surface area contributed by atoms with Gasteiger partial charge in [0.2, 0.25) is 5.91 Å². The fraction of sp³-hybridized carbons (Fsp3) is 0.400. The van der Waals surface area contributed by atoms with Gasteiger partial charge in [-0.1, -0.05) is 17.9 Å². The van der Waals surface area contributed by atoms with Crippen molar-refractivity contribution in [3.63, 3.8) is 0 Å². The second kappa shape index (κ2) is 8.30. The van der Waals surface area contributed by atoms with Crippen molar-refractivity contribution in [1.82, 2.24) is 0 Å². The fourth-order valence-electron chi connectivity index (χ4n) is 1.44. The first kappa shape index (κ1) is 15.2. The Kier molecular flexibility index (Phi) is 6.65. The molecule has 0 unspecified atom stereocenters. The molecule has 0 bridgehead atoms. The van der Waals surface area contributed by atoms with Crippen molar-refractivity contribution in [2.75, 3.05) is 25.1 Å². The second-order valence-corrected chi connectivity index (χ2v) is 3.99. The SMILES string of the molecule is CCOCC(=O)Nc1cc(C#CCCO)ccc1C. The standard InChI is InChI=1S/C15H19NO3/c1-3-19-11-15(18)16-14-10-13(6-4-5-9-17)8-7-12(14)2/h7-8,10,17H,3,5,9,11H2,1-2H3,(H,16,18). The van der Waals surface area contributed by atoms with Crippen LogP contribution >= 0.6 is 0 Å². The molecule has 4 heteroatoms. The Balaban J connectivity index is 2.75. The minimum absolute atomic E-state index is 0.0519. The van der Waals surface area contributed by atoms with Crippen molar-refractivity contribution >= 4 is 11.6 Å². The number of aliphatic hydroxyl groups is 1. The first-order valence-electron chi connectivity index (χ1n) is 6.25. The Labute approximate surface area is 113 Å². The van der Waals surface area contributed by atoms with Crippen molar-refractivity contribution in [1.29, 1.82) is 0 Å². The van der Waals surface area contributed by atoms with Crippen molar-refractivity contribution in [2.45, 2.75) is 20.3 Å². The van der Waals surface area contributed by atoms with Gasteiger partial charge >= 0.3 is 0 Å². The normalized spacial score (nSPS) is 9.63. The molecule has 0 aliphatic carbocycles. The highest BCUT2D eigenvalue weighted by Gasteiger charge is 2.05. The summed E-state index contributed by atoms with van der Waals surface area (Å²) in [4.78, 5) is 11.6. The van der Waals surface area contributed by atoms with E-state index in [9.17, 15) is 4.79 Å². The maximum atomic E-state index is 11.6. The van der Waals surface area contributed by atoms with E-state index >= 15 is 0 Å². The average Bonchev–Trinajstić information content (AvgIpc) is 2.40. The van der Waals surface area contributed by atoms with E-state index in [-0.39, 0.29) is 19.1 Å². The molecule has 0 atom stereocenters. The molecule has 0 radical (unpaired) electrons. The van der Waals surface area contributed by atoms with Gasteiger partial charge in [-0.2, -0.15) is 0 Å². The summed E-state index contributed by atoms with van der Waals surface area (Å²) in [5, 5.41) is 11.5. The van der Waals surface area contributed by atoms with Gasteiger partial charge in [-0.25, -0.2) is 0 Å². The zero-order chi connectivity index (χ0) is 14.1. The largest absolute Gasteiger partial charge is 0.395 e. The van der Waals surface area contributed by atoms with Crippen molar-refractivity contribution in [3.05, 3.63) is 29.3 Å². The summed E-state index contributed by atoms with van der Waals surface area (Å²) in [6.45, 7) is 4.38. The molecule has 0 spiro atoms. The molecule has 102 valence electrons.